The maximum Gasteiger partial charge on any atom is 0.306 e. The number of hydrogen-bond donors (Lipinski definition) is 1. The van der Waals surface area contributed by atoms with Crippen LogP contribution in [0.5, 0.6) is 0 Å². The normalized spacial score (nSPS) is 11.8. The molecule has 1 N–H and O–H groups in total. The maximum absolute atomic E-state index is 11.3. The van der Waals surface area contributed by atoms with Crippen LogP contribution >= 0.6 is 0 Å². The molecule has 1 atom stereocenters. The summed E-state index contributed by atoms with van der Waals surface area (Å²) in [7, 11) is 0. The number of benzene rings is 1. The molecule has 0 aliphatic rings. The molecule has 0 aliphatic carbocycles. The summed E-state index contributed by atoms with van der Waals surface area (Å²) in [5, 5.41) is 8.45. The summed E-state index contributed by atoms with van der Waals surface area (Å²) in [5.74, 6) is -1.48. The molecule has 0 spiro atoms. The molecule has 20 heavy (non-hydrogen) atoms. The number of carbonyl (C=O) groups excluding carboxylic acids is 1. The largest absolute Gasteiger partial charge is 0.481 e. The lowest BCUT2D eigenvalue weighted by Gasteiger charge is -2.13. The van der Waals surface area contributed by atoms with Crippen molar-refractivity contribution in [1.29, 1.82) is 0 Å². The fourth-order valence-electron chi connectivity index (χ4n) is 1.56. The van der Waals surface area contributed by atoms with Crippen LogP contribution in [-0.4, -0.2) is 29.8 Å². The predicted octanol–water partition coefficient (Wildman–Crippen LogP) is 2.39. The first-order valence-corrected chi connectivity index (χ1v) is 6.61. The topological polar surface area (TPSA) is 72.8 Å². The molecular weight excluding hydrogens is 260 g/mol. The van der Waals surface area contributed by atoms with Crippen LogP contribution in [0, 0.1) is 0 Å². The third-order valence-corrected chi connectivity index (χ3v) is 2.66. The molecule has 1 aromatic carbocycles. The van der Waals surface area contributed by atoms with Gasteiger partial charge in [0.15, 0.2) is 0 Å². The zero-order chi connectivity index (χ0) is 14.8. The third-order valence-electron chi connectivity index (χ3n) is 2.66. The van der Waals surface area contributed by atoms with Gasteiger partial charge >= 0.3 is 11.9 Å². The summed E-state index contributed by atoms with van der Waals surface area (Å²) in [4.78, 5) is 21.6. The van der Waals surface area contributed by atoms with Crippen LogP contribution in [0.2, 0.25) is 0 Å². The molecule has 0 aromatic heterocycles. The summed E-state index contributed by atoms with van der Waals surface area (Å²) < 4.78 is 10.6. The van der Waals surface area contributed by atoms with Gasteiger partial charge in [-0.3, -0.25) is 9.59 Å². The molecule has 0 heterocycles. The fraction of sp³-hybridized carbons (Fsp3) is 0.467. The molecule has 1 aromatic rings. The molecule has 0 radical (unpaired) electrons. The van der Waals surface area contributed by atoms with Crippen molar-refractivity contribution in [3.63, 3.8) is 0 Å². The van der Waals surface area contributed by atoms with Crippen LogP contribution in [0.4, 0.5) is 0 Å². The second kappa shape index (κ2) is 9.09. The molecule has 0 fully saturated rings. The van der Waals surface area contributed by atoms with Crippen LogP contribution in [-0.2, 0) is 25.7 Å². The maximum atomic E-state index is 11.3. The number of carboxylic acids is 1. The Balaban J connectivity index is 2.09. The van der Waals surface area contributed by atoms with Gasteiger partial charge in [-0.2, -0.15) is 0 Å². The van der Waals surface area contributed by atoms with E-state index in [0.717, 1.165) is 5.56 Å². The van der Waals surface area contributed by atoms with E-state index in [1.54, 1.807) is 6.92 Å². The first-order chi connectivity index (χ1) is 9.58. The lowest BCUT2D eigenvalue weighted by molar-refractivity contribution is -0.152. The Labute approximate surface area is 118 Å². The highest BCUT2D eigenvalue weighted by atomic mass is 16.5. The summed E-state index contributed by atoms with van der Waals surface area (Å²) >= 11 is 0. The summed E-state index contributed by atoms with van der Waals surface area (Å²) in [6.07, 6.45) is 0.0266. The summed E-state index contributed by atoms with van der Waals surface area (Å²) in [5.41, 5.74) is 1.10. The monoisotopic (exact) mass is 280 g/mol. The molecular formula is C15H20O5. The van der Waals surface area contributed by atoms with Gasteiger partial charge in [0.25, 0.3) is 0 Å². The Morgan fingerprint density at radius 3 is 2.55 bits per heavy atom. The molecule has 0 bridgehead atoms. The third kappa shape index (κ3) is 7.53. The second-order valence-electron chi connectivity index (χ2n) is 4.52. The van der Waals surface area contributed by atoms with Crippen LogP contribution in [0.15, 0.2) is 30.3 Å². The van der Waals surface area contributed by atoms with Gasteiger partial charge in [-0.25, -0.2) is 0 Å². The molecule has 110 valence electrons. The highest BCUT2D eigenvalue weighted by Gasteiger charge is 2.11. The molecule has 0 amide bonds. The second-order valence-corrected chi connectivity index (χ2v) is 4.52. The average Bonchev–Trinajstić information content (AvgIpc) is 2.42. The van der Waals surface area contributed by atoms with Gasteiger partial charge in [0.1, 0.15) is 6.10 Å². The van der Waals surface area contributed by atoms with Crippen molar-refractivity contribution in [2.75, 3.05) is 6.61 Å². The molecule has 0 aliphatic heterocycles. The zero-order valence-corrected chi connectivity index (χ0v) is 11.6. The summed E-state index contributed by atoms with van der Waals surface area (Å²) in [6.45, 7) is 2.79. The van der Waals surface area contributed by atoms with E-state index in [2.05, 4.69) is 0 Å². The average molecular weight is 280 g/mol. The fourth-order valence-corrected chi connectivity index (χ4v) is 1.56. The van der Waals surface area contributed by atoms with Crippen LogP contribution in [0.1, 0.15) is 31.7 Å². The van der Waals surface area contributed by atoms with Crippen molar-refractivity contribution in [2.45, 2.75) is 38.9 Å². The number of carbonyl (C=O) groups is 2. The van der Waals surface area contributed by atoms with E-state index in [1.165, 1.54) is 0 Å². The van der Waals surface area contributed by atoms with Gasteiger partial charge in [-0.05, 0) is 12.5 Å². The Hall–Kier alpha value is -1.88. The van der Waals surface area contributed by atoms with Gasteiger partial charge in [-0.1, -0.05) is 30.3 Å². The van der Waals surface area contributed by atoms with Crippen molar-refractivity contribution in [3.05, 3.63) is 35.9 Å². The van der Waals surface area contributed by atoms with Gasteiger partial charge in [0.05, 0.1) is 26.1 Å². The Morgan fingerprint density at radius 2 is 1.90 bits per heavy atom. The van der Waals surface area contributed by atoms with Crippen LogP contribution in [0.25, 0.3) is 0 Å². The molecule has 0 saturated heterocycles. The molecule has 1 rings (SSSR count). The number of carboxylic acid groups (broad SMARTS) is 1. The van der Waals surface area contributed by atoms with E-state index >= 15 is 0 Å². The van der Waals surface area contributed by atoms with E-state index in [4.69, 9.17) is 14.6 Å². The van der Waals surface area contributed by atoms with Crippen molar-refractivity contribution >= 4 is 11.9 Å². The molecule has 0 saturated carbocycles. The van der Waals surface area contributed by atoms with Gasteiger partial charge < -0.3 is 14.6 Å². The van der Waals surface area contributed by atoms with Crippen LogP contribution in [0.3, 0.4) is 0 Å². The smallest absolute Gasteiger partial charge is 0.306 e. The highest BCUT2D eigenvalue weighted by molar-refractivity contribution is 5.76. The van der Waals surface area contributed by atoms with E-state index < -0.39 is 11.9 Å². The molecule has 5 nitrogen and oxygen atoms in total. The Kier molecular flexibility index (Phi) is 7.35. The van der Waals surface area contributed by atoms with Gasteiger partial charge in [0, 0.05) is 6.42 Å². The number of ether oxygens (including phenoxy) is 2. The first-order valence-electron chi connectivity index (χ1n) is 6.61. The first kappa shape index (κ1) is 16.2. The number of aliphatic carboxylic acids is 1. The van der Waals surface area contributed by atoms with E-state index in [9.17, 15) is 9.59 Å². The molecule has 5 heteroatoms. The standard InChI is InChI=1S/C15H20O5/c1-12(20-15(18)8-7-14(16)17)9-10-19-11-13-5-3-2-4-6-13/h2-6,12H,7-11H2,1H3,(H,16,17)/t12-/m0/s1. The summed E-state index contributed by atoms with van der Waals surface area (Å²) in [6, 6.07) is 9.81. The number of esters is 1. The zero-order valence-electron chi connectivity index (χ0n) is 11.6. The predicted molar refractivity (Wildman–Crippen MR) is 73.1 cm³/mol. The lowest BCUT2D eigenvalue weighted by Crippen LogP contribution is -2.17. The minimum absolute atomic E-state index is 0.0927. The van der Waals surface area contributed by atoms with Crippen molar-refractivity contribution in [2.24, 2.45) is 0 Å². The minimum Gasteiger partial charge on any atom is -0.481 e. The van der Waals surface area contributed by atoms with Crippen molar-refractivity contribution in [3.8, 4) is 0 Å². The lowest BCUT2D eigenvalue weighted by atomic mass is 10.2. The minimum atomic E-state index is -0.999. The number of rotatable bonds is 9. The van der Waals surface area contributed by atoms with Crippen molar-refractivity contribution < 1.29 is 24.2 Å². The van der Waals surface area contributed by atoms with E-state index in [0.29, 0.717) is 19.6 Å². The number of hydrogen-bond acceptors (Lipinski definition) is 4. The quantitative estimate of drug-likeness (QED) is 0.555. The Bertz CT molecular complexity index is 416. The van der Waals surface area contributed by atoms with Crippen molar-refractivity contribution in [1.82, 2.24) is 0 Å². The molecule has 0 unspecified atom stereocenters. The van der Waals surface area contributed by atoms with Gasteiger partial charge in [-0.15, -0.1) is 0 Å². The van der Waals surface area contributed by atoms with Crippen LogP contribution < -0.4 is 0 Å². The Morgan fingerprint density at radius 1 is 1.20 bits per heavy atom. The van der Waals surface area contributed by atoms with Gasteiger partial charge in [0.2, 0.25) is 0 Å². The van der Waals surface area contributed by atoms with E-state index in [1.807, 2.05) is 30.3 Å². The SMILES string of the molecule is C[C@@H](CCOCc1ccccc1)OC(=O)CCC(=O)O. The highest BCUT2D eigenvalue weighted by Crippen LogP contribution is 2.05. The van der Waals surface area contributed by atoms with E-state index in [-0.39, 0.29) is 18.9 Å².